The fourth-order valence-electron chi connectivity index (χ4n) is 2.50. The van der Waals surface area contributed by atoms with E-state index in [0.717, 1.165) is 25.8 Å². The van der Waals surface area contributed by atoms with Crippen LogP contribution in [0.3, 0.4) is 0 Å². The average molecular weight is 267 g/mol. The fourth-order valence-corrected chi connectivity index (χ4v) is 2.50. The molecule has 1 aliphatic heterocycles. The summed E-state index contributed by atoms with van der Waals surface area (Å²) in [6.07, 6.45) is 3.08. The Bertz CT molecular complexity index is 461. The Hall–Kier alpha value is -1.69. The van der Waals surface area contributed by atoms with E-state index in [9.17, 15) is 14.5 Å². The van der Waals surface area contributed by atoms with Gasteiger partial charge in [-0.25, -0.2) is 4.39 Å². The Labute approximate surface area is 111 Å². The monoisotopic (exact) mass is 267 g/mol. The molecule has 0 aromatic heterocycles. The first-order valence-electron chi connectivity index (χ1n) is 6.50. The molecule has 1 heterocycles. The van der Waals surface area contributed by atoms with Gasteiger partial charge in [0.1, 0.15) is 5.69 Å². The number of benzene rings is 1. The molecule has 1 aliphatic rings. The van der Waals surface area contributed by atoms with Gasteiger partial charge in [0.05, 0.1) is 4.92 Å². The van der Waals surface area contributed by atoms with Crippen LogP contribution in [0.15, 0.2) is 18.2 Å². The van der Waals surface area contributed by atoms with Crippen LogP contribution < -0.4 is 10.6 Å². The third-order valence-electron chi connectivity index (χ3n) is 3.38. The topological polar surface area (TPSA) is 67.2 Å². The molecule has 1 aromatic rings. The summed E-state index contributed by atoms with van der Waals surface area (Å²) < 4.78 is 13.7. The maximum Gasteiger partial charge on any atom is 0.295 e. The van der Waals surface area contributed by atoms with E-state index >= 15 is 0 Å². The molecule has 1 fully saturated rings. The second-order valence-electron chi connectivity index (χ2n) is 4.97. The van der Waals surface area contributed by atoms with Crippen molar-refractivity contribution >= 4 is 11.4 Å². The van der Waals surface area contributed by atoms with Gasteiger partial charge < -0.3 is 10.6 Å². The van der Waals surface area contributed by atoms with Gasteiger partial charge in [0, 0.05) is 18.2 Å². The van der Waals surface area contributed by atoms with Crippen molar-refractivity contribution in [1.82, 2.24) is 5.32 Å². The van der Waals surface area contributed by atoms with Crippen LogP contribution in [-0.4, -0.2) is 23.6 Å². The van der Waals surface area contributed by atoms with Crippen LogP contribution in [0.5, 0.6) is 0 Å². The molecule has 5 nitrogen and oxygen atoms in total. The summed E-state index contributed by atoms with van der Waals surface area (Å²) >= 11 is 0. The summed E-state index contributed by atoms with van der Waals surface area (Å²) in [6.45, 7) is 2.92. The lowest BCUT2D eigenvalue weighted by molar-refractivity contribution is -0.384. The molecule has 0 saturated carbocycles. The number of nitrogens with zero attached hydrogens (tertiary/aromatic N) is 1. The van der Waals surface area contributed by atoms with E-state index in [1.165, 1.54) is 18.2 Å². The zero-order chi connectivity index (χ0) is 13.8. The van der Waals surface area contributed by atoms with Crippen molar-refractivity contribution in [3.63, 3.8) is 0 Å². The molecule has 0 spiro atoms. The first-order valence-corrected chi connectivity index (χ1v) is 6.50. The second-order valence-corrected chi connectivity index (χ2v) is 4.97. The molecule has 1 saturated heterocycles. The van der Waals surface area contributed by atoms with Gasteiger partial charge in [-0.3, -0.25) is 10.1 Å². The molecule has 0 radical (unpaired) electrons. The van der Waals surface area contributed by atoms with Crippen LogP contribution in [-0.2, 0) is 0 Å². The average Bonchev–Trinajstić information content (AvgIpc) is 2.84. The highest BCUT2D eigenvalue weighted by Crippen LogP contribution is 2.28. The minimum atomic E-state index is -0.583. The highest BCUT2D eigenvalue weighted by Gasteiger charge is 2.22. The molecule has 19 heavy (non-hydrogen) atoms. The summed E-state index contributed by atoms with van der Waals surface area (Å²) in [7, 11) is 0. The van der Waals surface area contributed by atoms with Crippen molar-refractivity contribution in [2.75, 3.05) is 11.9 Å². The minimum absolute atomic E-state index is 0.0157. The number of nitro groups is 1. The molecule has 104 valence electrons. The molecular weight excluding hydrogens is 249 g/mol. The highest BCUT2D eigenvalue weighted by atomic mass is 19.1. The minimum Gasteiger partial charge on any atom is -0.375 e. The van der Waals surface area contributed by atoms with Crippen molar-refractivity contribution in [2.24, 2.45) is 0 Å². The summed E-state index contributed by atoms with van der Waals surface area (Å²) in [5, 5.41) is 17.2. The molecule has 6 heteroatoms. The van der Waals surface area contributed by atoms with E-state index in [0.29, 0.717) is 6.04 Å². The van der Waals surface area contributed by atoms with E-state index in [1.807, 2.05) is 6.92 Å². The number of para-hydroxylation sites is 1. The van der Waals surface area contributed by atoms with Gasteiger partial charge in [0.25, 0.3) is 5.69 Å². The second kappa shape index (κ2) is 5.97. The summed E-state index contributed by atoms with van der Waals surface area (Å²) in [5.74, 6) is -0.583. The first kappa shape index (κ1) is 13.7. The van der Waals surface area contributed by atoms with E-state index in [1.54, 1.807) is 0 Å². The third kappa shape index (κ3) is 3.41. The fraction of sp³-hybridized carbons (Fsp3) is 0.538. The van der Waals surface area contributed by atoms with Crippen molar-refractivity contribution < 1.29 is 9.31 Å². The third-order valence-corrected chi connectivity index (χ3v) is 3.38. The van der Waals surface area contributed by atoms with E-state index < -0.39 is 10.7 Å². The molecular formula is C13H18FN3O2. The van der Waals surface area contributed by atoms with E-state index in [4.69, 9.17) is 0 Å². The smallest absolute Gasteiger partial charge is 0.295 e. The van der Waals surface area contributed by atoms with Gasteiger partial charge in [-0.05, 0) is 38.8 Å². The Morgan fingerprint density at radius 1 is 1.63 bits per heavy atom. The maximum atomic E-state index is 13.7. The first-order chi connectivity index (χ1) is 9.08. The SMILES string of the molecule is CC(CC1CCCN1)Nc1c(F)cccc1[N+](=O)[O-]. The maximum absolute atomic E-state index is 13.7. The van der Waals surface area contributed by atoms with Crippen molar-refractivity contribution in [1.29, 1.82) is 0 Å². The molecule has 0 bridgehead atoms. The van der Waals surface area contributed by atoms with Gasteiger partial charge in [0.2, 0.25) is 0 Å². The van der Waals surface area contributed by atoms with Crippen LogP contribution >= 0.6 is 0 Å². The van der Waals surface area contributed by atoms with Crippen LogP contribution in [0, 0.1) is 15.9 Å². The lowest BCUT2D eigenvalue weighted by Gasteiger charge is -2.19. The number of hydrogen-bond donors (Lipinski definition) is 2. The highest BCUT2D eigenvalue weighted by molar-refractivity contribution is 5.62. The van der Waals surface area contributed by atoms with Crippen molar-refractivity contribution in [3.05, 3.63) is 34.1 Å². The quantitative estimate of drug-likeness (QED) is 0.635. The Balaban J connectivity index is 2.06. The van der Waals surface area contributed by atoms with Crippen LogP contribution in [0.2, 0.25) is 0 Å². The molecule has 1 aromatic carbocycles. The lowest BCUT2D eigenvalue weighted by atomic mass is 10.1. The lowest BCUT2D eigenvalue weighted by Crippen LogP contribution is -2.29. The predicted molar refractivity (Wildman–Crippen MR) is 71.8 cm³/mol. The number of rotatable bonds is 5. The zero-order valence-corrected chi connectivity index (χ0v) is 10.9. The van der Waals surface area contributed by atoms with Gasteiger partial charge >= 0.3 is 0 Å². The van der Waals surface area contributed by atoms with Crippen molar-refractivity contribution in [3.8, 4) is 0 Å². The molecule has 0 aliphatic carbocycles. The molecule has 2 unspecified atom stereocenters. The van der Waals surface area contributed by atoms with Crippen LogP contribution in [0.1, 0.15) is 26.2 Å². The van der Waals surface area contributed by atoms with E-state index in [-0.39, 0.29) is 17.4 Å². The van der Waals surface area contributed by atoms with Gasteiger partial charge in [0.15, 0.2) is 5.82 Å². The Morgan fingerprint density at radius 2 is 2.42 bits per heavy atom. The van der Waals surface area contributed by atoms with Gasteiger partial charge in [-0.2, -0.15) is 0 Å². The summed E-state index contributed by atoms with van der Waals surface area (Å²) in [5.41, 5.74) is -0.232. The Kier molecular flexibility index (Phi) is 4.31. The largest absolute Gasteiger partial charge is 0.375 e. The van der Waals surface area contributed by atoms with Gasteiger partial charge in [-0.1, -0.05) is 6.07 Å². The number of nitro benzene ring substituents is 1. The van der Waals surface area contributed by atoms with Crippen LogP contribution in [0.25, 0.3) is 0 Å². The number of nitrogens with one attached hydrogen (secondary N) is 2. The number of halogens is 1. The number of anilines is 1. The van der Waals surface area contributed by atoms with Crippen molar-refractivity contribution in [2.45, 2.75) is 38.3 Å². The standard InChI is InChI=1S/C13H18FN3O2/c1-9(8-10-4-3-7-15-10)16-13-11(14)5-2-6-12(13)17(18)19/h2,5-6,9-10,15-16H,3-4,7-8H2,1H3. The van der Waals surface area contributed by atoms with Gasteiger partial charge in [-0.15, -0.1) is 0 Å². The summed E-state index contributed by atoms with van der Waals surface area (Å²) in [6, 6.07) is 4.28. The molecule has 0 amide bonds. The normalized spacial score (nSPS) is 20.2. The summed E-state index contributed by atoms with van der Waals surface area (Å²) in [4.78, 5) is 10.3. The van der Waals surface area contributed by atoms with E-state index in [2.05, 4.69) is 10.6 Å². The Morgan fingerprint density at radius 3 is 3.05 bits per heavy atom. The predicted octanol–water partition coefficient (Wildman–Crippen LogP) is 2.68. The van der Waals surface area contributed by atoms with Crippen LogP contribution in [0.4, 0.5) is 15.8 Å². The molecule has 2 rings (SSSR count). The zero-order valence-electron chi connectivity index (χ0n) is 10.9. The molecule has 2 N–H and O–H groups in total. The number of hydrogen-bond acceptors (Lipinski definition) is 4. The molecule has 2 atom stereocenters.